The molecule has 3 heterocycles. The van der Waals surface area contributed by atoms with Crippen molar-refractivity contribution >= 4 is 51.5 Å². The van der Waals surface area contributed by atoms with E-state index in [4.69, 9.17) is 27.9 Å². The van der Waals surface area contributed by atoms with Crippen LogP contribution in [0.1, 0.15) is 45.9 Å². The average molecular weight is 431 g/mol. The molecule has 0 aliphatic carbocycles. The van der Waals surface area contributed by atoms with E-state index in [1.165, 1.54) is 18.4 Å². The van der Waals surface area contributed by atoms with Gasteiger partial charge >= 0.3 is 5.97 Å². The molecule has 7 nitrogen and oxygen atoms in total. The minimum atomic E-state index is -0.436. The molecule has 0 radical (unpaired) electrons. The number of rotatable bonds is 4. The molecule has 3 rings (SSSR count). The third-order valence-electron chi connectivity index (χ3n) is 4.50. The number of anilines is 1. The summed E-state index contributed by atoms with van der Waals surface area (Å²) in [6.45, 7) is 3.32. The van der Waals surface area contributed by atoms with E-state index in [1.807, 2.05) is 0 Å². The molecule has 1 atom stereocenters. The van der Waals surface area contributed by atoms with Crippen molar-refractivity contribution in [3.8, 4) is 0 Å². The van der Waals surface area contributed by atoms with Gasteiger partial charge in [0.05, 0.1) is 17.2 Å². The number of hydrogen-bond acceptors (Lipinski definition) is 6. The quantitative estimate of drug-likeness (QED) is 0.722. The van der Waals surface area contributed by atoms with Gasteiger partial charge in [-0.2, -0.15) is 0 Å². The van der Waals surface area contributed by atoms with Crippen LogP contribution in [0.5, 0.6) is 0 Å². The van der Waals surface area contributed by atoms with Gasteiger partial charge < -0.3 is 19.9 Å². The van der Waals surface area contributed by atoms with Crippen LogP contribution >= 0.6 is 34.5 Å². The van der Waals surface area contributed by atoms with Crippen LogP contribution < -0.4 is 10.2 Å². The fourth-order valence-electron chi connectivity index (χ4n) is 3.03. The Morgan fingerprint density at radius 2 is 2.11 bits per heavy atom. The van der Waals surface area contributed by atoms with Crippen molar-refractivity contribution in [3.05, 3.63) is 32.5 Å². The maximum atomic E-state index is 12.5. The number of ether oxygens (including phenoxy) is 1. The van der Waals surface area contributed by atoms with E-state index in [2.05, 4.69) is 20.2 Å². The Bertz CT molecular complexity index is 851. The number of thiazole rings is 1. The summed E-state index contributed by atoms with van der Waals surface area (Å²) >= 11 is 13.6. The zero-order chi connectivity index (χ0) is 19.6. The minimum absolute atomic E-state index is 0.0287. The third-order valence-corrected chi connectivity index (χ3v) is 6.35. The van der Waals surface area contributed by atoms with Crippen molar-refractivity contribution < 1.29 is 14.3 Å². The summed E-state index contributed by atoms with van der Waals surface area (Å²) in [6, 6.07) is 0.0287. The van der Waals surface area contributed by atoms with Crippen LogP contribution in [0, 0.1) is 6.92 Å². The summed E-state index contributed by atoms with van der Waals surface area (Å²) in [5, 5.41) is 6.14. The van der Waals surface area contributed by atoms with E-state index >= 15 is 0 Å². The maximum absolute atomic E-state index is 12.5. The zero-order valence-corrected chi connectivity index (χ0v) is 17.3. The highest BCUT2D eigenvalue weighted by Gasteiger charge is 2.24. The molecule has 0 saturated carbocycles. The van der Waals surface area contributed by atoms with Gasteiger partial charge in [0.25, 0.3) is 5.91 Å². The predicted octanol–water partition coefficient (Wildman–Crippen LogP) is 3.66. The second-order valence-corrected chi connectivity index (χ2v) is 7.94. The number of amides is 1. The SMILES string of the molecule is COC(=O)c1csc(N2CCCC(NC(=O)c3[nH]c(C)c(Cl)c3Cl)CC2)n1. The molecule has 0 spiro atoms. The fraction of sp³-hybridized carbons (Fsp3) is 0.471. The van der Waals surface area contributed by atoms with Gasteiger partial charge in [0.2, 0.25) is 0 Å². The molecule has 2 N–H and O–H groups in total. The lowest BCUT2D eigenvalue weighted by molar-refractivity contribution is 0.0595. The molecule has 1 unspecified atom stereocenters. The van der Waals surface area contributed by atoms with E-state index < -0.39 is 5.97 Å². The second-order valence-electron chi connectivity index (χ2n) is 6.35. The van der Waals surface area contributed by atoms with Gasteiger partial charge in [0.15, 0.2) is 10.8 Å². The van der Waals surface area contributed by atoms with Crippen molar-refractivity contribution in [1.29, 1.82) is 0 Å². The van der Waals surface area contributed by atoms with Crippen LogP contribution in [0.15, 0.2) is 5.38 Å². The Balaban J connectivity index is 1.61. The van der Waals surface area contributed by atoms with E-state index in [-0.39, 0.29) is 17.0 Å². The number of hydrogen-bond donors (Lipinski definition) is 2. The van der Waals surface area contributed by atoms with Crippen molar-refractivity contribution in [3.63, 3.8) is 0 Å². The number of aryl methyl sites for hydroxylation is 1. The van der Waals surface area contributed by atoms with Crippen LogP contribution in [0.4, 0.5) is 5.13 Å². The molecule has 2 aromatic rings. The predicted molar refractivity (Wildman–Crippen MR) is 106 cm³/mol. The standard InChI is InChI=1S/C17H20Cl2N4O3S/c1-9-12(18)13(19)14(20-9)15(24)21-10-4-3-6-23(7-5-10)17-22-11(8-27-17)16(25)26-2/h8,10,20H,3-7H2,1-2H3,(H,21,24). The summed E-state index contributed by atoms with van der Waals surface area (Å²) in [5.41, 5.74) is 1.28. The van der Waals surface area contributed by atoms with Crippen molar-refractivity contribution in [2.24, 2.45) is 0 Å². The Hall–Kier alpha value is -1.77. The summed E-state index contributed by atoms with van der Waals surface area (Å²) in [5.74, 6) is -0.690. The molecular weight excluding hydrogens is 411 g/mol. The molecule has 2 aromatic heterocycles. The average Bonchev–Trinajstić information content (AvgIpc) is 3.16. The van der Waals surface area contributed by atoms with Gasteiger partial charge in [0.1, 0.15) is 5.69 Å². The molecular formula is C17H20Cl2N4O3S. The summed E-state index contributed by atoms with van der Waals surface area (Å²) in [7, 11) is 1.34. The number of halogens is 2. The number of H-pyrrole nitrogens is 1. The zero-order valence-electron chi connectivity index (χ0n) is 15.0. The lowest BCUT2D eigenvalue weighted by Crippen LogP contribution is -2.36. The summed E-state index contributed by atoms with van der Waals surface area (Å²) in [6.07, 6.45) is 2.52. The fourth-order valence-corrected chi connectivity index (χ4v) is 4.29. The highest BCUT2D eigenvalue weighted by atomic mass is 35.5. The number of aromatic amines is 1. The number of esters is 1. The summed E-state index contributed by atoms with van der Waals surface area (Å²) in [4.78, 5) is 33.5. The number of nitrogens with zero attached hydrogens (tertiary/aromatic N) is 2. The van der Waals surface area contributed by atoms with Gasteiger partial charge in [0, 0.05) is 30.2 Å². The van der Waals surface area contributed by atoms with E-state index in [0.717, 1.165) is 37.5 Å². The van der Waals surface area contributed by atoms with Crippen LogP contribution in [0.2, 0.25) is 10.0 Å². The minimum Gasteiger partial charge on any atom is -0.464 e. The monoisotopic (exact) mass is 430 g/mol. The molecule has 0 aromatic carbocycles. The largest absolute Gasteiger partial charge is 0.464 e. The number of methoxy groups -OCH3 is 1. The Labute approximate surface area is 171 Å². The molecule has 0 bridgehead atoms. The van der Waals surface area contributed by atoms with Crippen LogP contribution in [-0.4, -0.2) is 48.1 Å². The molecule has 1 fully saturated rings. The van der Waals surface area contributed by atoms with E-state index in [0.29, 0.717) is 22.1 Å². The first kappa shape index (κ1) is 20.0. The number of aromatic nitrogens is 2. The van der Waals surface area contributed by atoms with Crippen molar-refractivity contribution in [2.75, 3.05) is 25.1 Å². The Kier molecular flexibility index (Phi) is 6.29. The second kappa shape index (κ2) is 8.50. The third kappa shape index (κ3) is 4.39. The molecule has 146 valence electrons. The Morgan fingerprint density at radius 1 is 1.33 bits per heavy atom. The molecule has 10 heteroatoms. The first-order valence-electron chi connectivity index (χ1n) is 8.54. The molecule has 1 saturated heterocycles. The maximum Gasteiger partial charge on any atom is 0.357 e. The van der Waals surface area contributed by atoms with Crippen LogP contribution in [-0.2, 0) is 4.74 Å². The summed E-state index contributed by atoms with van der Waals surface area (Å²) < 4.78 is 4.70. The molecule has 27 heavy (non-hydrogen) atoms. The topological polar surface area (TPSA) is 87.3 Å². The normalized spacial score (nSPS) is 17.5. The molecule has 1 amide bonds. The molecule has 1 aliphatic heterocycles. The highest BCUT2D eigenvalue weighted by Crippen LogP contribution is 2.29. The molecule has 1 aliphatic rings. The highest BCUT2D eigenvalue weighted by molar-refractivity contribution is 7.13. The number of nitrogens with one attached hydrogen (secondary N) is 2. The van der Waals surface area contributed by atoms with E-state index in [9.17, 15) is 9.59 Å². The first-order valence-corrected chi connectivity index (χ1v) is 10.2. The lowest BCUT2D eigenvalue weighted by atomic mass is 10.1. The van der Waals surface area contributed by atoms with E-state index in [1.54, 1.807) is 12.3 Å². The lowest BCUT2D eigenvalue weighted by Gasteiger charge is -2.19. The van der Waals surface area contributed by atoms with Gasteiger partial charge in [-0.3, -0.25) is 4.79 Å². The van der Waals surface area contributed by atoms with Crippen molar-refractivity contribution in [2.45, 2.75) is 32.2 Å². The van der Waals surface area contributed by atoms with Crippen LogP contribution in [0.25, 0.3) is 0 Å². The van der Waals surface area contributed by atoms with Gasteiger partial charge in [-0.25, -0.2) is 9.78 Å². The van der Waals surface area contributed by atoms with Crippen LogP contribution in [0.3, 0.4) is 0 Å². The van der Waals surface area contributed by atoms with Crippen molar-refractivity contribution in [1.82, 2.24) is 15.3 Å². The van der Waals surface area contributed by atoms with Gasteiger partial charge in [-0.1, -0.05) is 23.2 Å². The number of carbonyl (C=O) groups is 2. The smallest absolute Gasteiger partial charge is 0.357 e. The van der Waals surface area contributed by atoms with Gasteiger partial charge in [-0.15, -0.1) is 11.3 Å². The first-order chi connectivity index (χ1) is 12.9. The van der Waals surface area contributed by atoms with Gasteiger partial charge in [-0.05, 0) is 26.2 Å². The Morgan fingerprint density at radius 3 is 2.78 bits per heavy atom. The number of carbonyl (C=O) groups excluding carboxylic acids is 2.